The predicted molar refractivity (Wildman–Crippen MR) is 130 cm³/mol. The Morgan fingerprint density at radius 2 is 1.74 bits per heavy atom. The van der Waals surface area contributed by atoms with E-state index in [0.717, 1.165) is 54.5 Å². The summed E-state index contributed by atoms with van der Waals surface area (Å²) in [4.78, 5) is 29.7. The Bertz CT molecular complexity index is 1450. The molecule has 2 fully saturated rings. The maximum absolute atomic E-state index is 13.8. The third kappa shape index (κ3) is 3.37. The summed E-state index contributed by atoms with van der Waals surface area (Å²) in [5.41, 5.74) is 3.80. The van der Waals surface area contributed by atoms with Crippen molar-refractivity contribution in [1.29, 1.82) is 0 Å². The number of hydrogen-bond acceptors (Lipinski definition) is 4. The van der Waals surface area contributed by atoms with Crippen molar-refractivity contribution >= 4 is 17.1 Å². The zero-order valence-corrected chi connectivity index (χ0v) is 18.6. The van der Waals surface area contributed by atoms with Crippen LogP contribution in [0.5, 0.6) is 0 Å². The summed E-state index contributed by atoms with van der Waals surface area (Å²) in [6, 6.07) is 19.0. The number of hydrogen-bond donors (Lipinski definition) is 2. The number of pyridine rings is 1. The molecule has 2 aromatic heterocycles. The molecule has 4 aromatic rings. The number of nitrogens with one attached hydrogen (secondary N) is 1. The number of fused-ring (bicyclic) bond motifs is 1. The summed E-state index contributed by atoms with van der Waals surface area (Å²) in [6.07, 6.45) is 5.31. The number of nitrogens with zero attached hydrogens (tertiary/aromatic N) is 1. The first kappa shape index (κ1) is 20.7. The van der Waals surface area contributed by atoms with Gasteiger partial charge in [0.15, 0.2) is 5.58 Å². The monoisotopic (exact) mass is 452 g/mol. The molecule has 2 aromatic carbocycles. The van der Waals surface area contributed by atoms with Crippen molar-refractivity contribution in [3.05, 3.63) is 88.3 Å². The Morgan fingerprint density at radius 1 is 1.00 bits per heavy atom. The Balaban J connectivity index is 1.53. The molecule has 2 heterocycles. The Kier molecular flexibility index (Phi) is 4.76. The molecule has 6 nitrogen and oxygen atoms in total. The van der Waals surface area contributed by atoms with Crippen LogP contribution in [0.4, 0.5) is 4.79 Å². The average molecular weight is 453 g/mol. The lowest BCUT2D eigenvalue weighted by Gasteiger charge is -2.42. The van der Waals surface area contributed by atoms with Crippen molar-refractivity contribution in [3.63, 3.8) is 0 Å². The second kappa shape index (κ2) is 7.83. The topological polar surface area (TPSA) is 92.4 Å². The van der Waals surface area contributed by atoms with Crippen LogP contribution in [-0.2, 0) is 5.54 Å². The lowest BCUT2D eigenvalue weighted by Crippen LogP contribution is -2.50. The number of carbonyl (C=O) groups is 1. The molecule has 34 heavy (non-hydrogen) atoms. The minimum absolute atomic E-state index is 0.0841. The summed E-state index contributed by atoms with van der Waals surface area (Å²) in [5, 5.41) is 12.5. The first-order valence-electron chi connectivity index (χ1n) is 11.7. The molecule has 0 atom stereocenters. The van der Waals surface area contributed by atoms with Gasteiger partial charge >= 0.3 is 6.09 Å². The fourth-order valence-electron chi connectivity index (χ4n) is 5.02. The summed E-state index contributed by atoms with van der Waals surface area (Å²) in [7, 11) is 0. The summed E-state index contributed by atoms with van der Waals surface area (Å²) >= 11 is 0. The van der Waals surface area contributed by atoms with Gasteiger partial charge in [-0.25, -0.2) is 4.79 Å². The molecule has 0 unspecified atom stereocenters. The largest absolute Gasteiger partial charge is 0.465 e. The molecule has 2 aliphatic carbocycles. The fourth-order valence-corrected chi connectivity index (χ4v) is 5.02. The number of carboxylic acid groups (broad SMARTS) is 1. The summed E-state index contributed by atoms with van der Waals surface area (Å²) < 4.78 is 6.48. The van der Waals surface area contributed by atoms with Crippen LogP contribution < -0.4 is 10.7 Å². The third-order valence-electron chi connectivity index (χ3n) is 7.11. The van der Waals surface area contributed by atoms with E-state index in [0.29, 0.717) is 28.2 Å². The van der Waals surface area contributed by atoms with Gasteiger partial charge in [-0.15, -0.1) is 0 Å². The van der Waals surface area contributed by atoms with Crippen molar-refractivity contribution in [2.75, 3.05) is 0 Å². The third-order valence-corrected chi connectivity index (χ3v) is 7.11. The van der Waals surface area contributed by atoms with E-state index in [1.807, 2.05) is 54.6 Å². The summed E-state index contributed by atoms with van der Waals surface area (Å²) in [6.45, 7) is 0. The molecule has 170 valence electrons. The van der Waals surface area contributed by atoms with Gasteiger partial charge in [-0.3, -0.25) is 9.78 Å². The molecule has 2 saturated carbocycles. The molecule has 0 bridgehead atoms. The highest BCUT2D eigenvalue weighted by atomic mass is 16.4. The van der Waals surface area contributed by atoms with Gasteiger partial charge in [-0.1, -0.05) is 54.6 Å². The molecular formula is C28H24N2O4. The van der Waals surface area contributed by atoms with Gasteiger partial charge in [0.25, 0.3) is 0 Å². The molecule has 0 spiro atoms. The molecule has 1 amide bonds. The highest BCUT2D eigenvalue weighted by Gasteiger charge is 2.40. The molecule has 0 aliphatic heterocycles. The van der Waals surface area contributed by atoms with E-state index >= 15 is 0 Å². The molecule has 2 aliphatic rings. The summed E-state index contributed by atoms with van der Waals surface area (Å²) in [5.74, 6) is 0.878. The second-order valence-corrected chi connectivity index (χ2v) is 9.29. The van der Waals surface area contributed by atoms with Crippen LogP contribution in [0.3, 0.4) is 0 Å². The maximum Gasteiger partial charge on any atom is 0.405 e. The molecule has 2 N–H and O–H groups in total. The van der Waals surface area contributed by atoms with Crippen LogP contribution in [-0.4, -0.2) is 16.2 Å². The van der Waals surface area contributed by atoms with Gasteiger partial charge in [-0.05, 0) is 49.3 Å². The lowest BCUT2D eigenvalue weighted by molar-refractivity contribution is 0.144. The first-order valence-corrected chi connectivity index (χ1v) is 11.7. The number of amides is 1. The minimum Gasteiger partial charge on any atom is -0.465 e. The first-order chi connectivity index (χ1) is 16.6. The molecule has 0 radical (unpaired) electrons. The molecule has 6 rings (SSSR count). The van der Waals surface area contributed by atoms with E-state index in [4.69, 9.17) is 4.42 Å². The zero-order chi connectivity index (χ0) is 23.3. The lowest BCUT2D eigenvalue weighted by atomic mass is 9.71. The number of rotatable bonds is 5. The van der Waals surface area contributed by atoms with Crippen molar-refractivity contribution in [2.45, 2.75) is 43.6 Å². The molecule has 0 saturated heterocycles. The maximum atomic E-state index is 13.8. The average Bonchev–Trinajstić information content (AvgIpc) is 3.67. The second-order valence-electron chi connectivity index (χ2n) is 9.29. The zero-order valence-electron chi connectivity index (χ0n) is 18.6. The minimum atomic E-state index is -1.02. The van der Waals surface area contributed by atoms with Crippen LogP contribution in [0.25, 0.3) is 33.4 Å². The highest BCUT2D eigenvalue weighted by Crippen LogP contribution is 2.44. The van der Waals surface area contributed by atoms with Crippen LogP contribution >= 0.6 is 0 Å². The van der Waals surface area contributed by atoms with E-state index in [9.17, 15) is 14.7 Å². The highest BCUT2D eigenvalue weighted by molar-refractivity contribution is 5.90. The van der Waals surface area contributed by atoms with Crippen molar-refractivity contribution in [3.8, 4) is 22.5 Å². The number of aromatic nitrogens is 1. The SMILES string of the molecule is O=C(O)NC1(c2ccc(-c3c(-c4ccccc4)oc4c(C5CC5)nccc4c3=O)cc2)CCC1. The molecular weight excluding hydrogens is 428 g/mol. The quantitative estimate of drug-likeness (QED) is 0.385. The normalized spacial score (nSPS) is 16.7. The van der Waals surface area contributed by atoms with Gasteiger partial charge in [0.1, 0.15) is 5.76 Å². The fraction of sp³-hybridized carbons (Fsp3) is 0.250. The van der Waals surface area contributed by atoms with Crippen molar-refractivity contribution in [2.24, 2.45) is 0 Å². The van der Waals surface area contributed by atoms with E-state index in [-0.39, 0.29) is 5.43 Å². The van der Waals surface area contributed by atoms with Gasteiger partial charge in [0.2, 0.25) is 5.43 Å². The van der Waals surface area contributed by atoms with E-state index in [2.05, 4.69) is 10.3 Å². The molecule has 6 heteroatoms. The van der Waals surface area contributed by atoms with Crippen molar-refractivity contribution < 1.29 is 14.3 Å². The Labute approximate surface area is 196 Å². The smallest absolute Gasteiger partial charge is 0.405 e. The van der Waals surface area contributed by atoms with Gasteiger partial charge in [0.05, 0.1) is 22.2 Å². The van der Waals surface area contributed by atoms with Gasteiger partial charge in [0, 0.05) is 17.7 Å². The van der Waals surface area contributed by atoms with E-state index in [1.165, 1.54) is 0 Å². The van der Waals surface area contributed by atoms with Gasteiger partial charge < -0.3 is 14.8 Å². The van der Waals surface area contributed by atoms with Crippen LogP contribution in [0.2, 0.25) is 0 Å². The Hall–Kier alpha value is -3.93. The van der Waals surface area contributed by atoms with Crippen LogP contribution in [0, 0.1) is 0 Å². The van der Waals surface area contributed by atoms with E-state index in [1.54, 1.807) is 12.3 Å². The van der Waals surface area contributed by atoms with Crippen LogP contribution in [0.15, 0.2) is 76.1 Å². The van der Waals surface area contributed by atoms with Crippen LogP contribution in [0.1, 0.15) is 49.3 Å². The van der Waals surface area contributed by atoms with E-state index < -0.39 is 11.6 Å². The predicted octanol–water partition coefficient (Wildman–Crippen LogP) is 6.05. The Morgan fingerprint density at radius 3 is 2.35 bits per heavy atom. The standard InChI is InChI=1S/C28H24N2O4/c31-24-21-13-16-29-23(18-7-8-18)26(21)34-25(19-5-2-1-3-6-19)22(24)17-9-11-20(12-10-17)28(14-4-15-28)30-27(32)33/h1-3,5-6,9-13,16,18,30H,4,7-8,14-15H2,(H,32,33). The van der Waals surface area contributed by atoms with Gasteiger partial charge in [-0.2, -0.15) is 0 Å². The van der Waals surface area contributed by atoms with Crippen molar-refractivity contribution in [1.82, 2.24) is 10.3 Å². The number of benzene rings is 2.